The second kappa shape index (κ2) is 10.7. The van der Waals surface area contributed by atoms with E-state index in [1.54, 1.807) is 48.5 Å². The van der Waals surface area contributed by atoms with Crippen LogP contribution in [-0.2, 0) is 11.3 Å². The van der Waals surface area contributed by atoms with Gasteiger partial charge in [0.25, 0.3) is 17.7 Å². The van der Waals surface area contributed by atoms with Crippen LogP contribution in [0.15, 0.2) is 101 Å². The zero-order valence-corrected chi connectivity index (χ0v) is 20.3. The van der Waals surface area contributed by atoms with E-state index < -0.39 is 23.7 Å². The minimum absolute atomic E-state index is 0.0931. The van der Waals surface area contributed by atoms with E-state index in [0.29, 0.717) is 28.1 Å². The first-order valence-corrected chi connectivity index (χ1v) is 11.8. The Hall–Kier alpha value is -5.75. The summed E-state index contributed by atoms with van der Waals surface area (Å²) >= 11 is 0. The van der Waals surface area contributed by atoms with Crippen molar-refractivity contribution < 1.29 is 28.3 Å². The van der Waals surface area contributed by atoms with Gasteiger partial charge in [0.2, 0.25) is 0 Å². The highest BCUT2D eigenvalue weighted by molar-refractivity contribution is 6.34. The number of nitrogens with one attached hydrogen (secondary N) is 1. The third-order valence-corrected chi connectivity index (χ3v) is 5.93. The summed E-state index contributed by atoms with van der Waals surface area (Å²) in [5.74, 6) is -1.21. The molecule has 0 aliphatic carbocycles. The number of nitrogens with zero attached hydrogens (tertiary/aromatic N) is 2. The highest BCUT2D eigenvalue weighted by atomic mass is 16.5. The Balaban J connectivity index is 1.21. The lowest BCUT2D eigenvalue weighted by Crippen LogP contribution is -2.29. The molecular formula is C30H19N3O6. The molecule has 0 spiro atoms. The maximum Gasteiger partial charge on any atom is 0.343 e. The van der Waals surface area contributed by atoms with Crippen LogP contribution in [0.3, 0.4) is 0 Å². The molecule has 0 saturated heterocycles. The molecule has 9 heteroatoms. The largest absolute Gasteiger partial charge is 0.467 e. The molecule has 0 saturated carbocycles. The number of amides is 3. The molecule has 0 fully saturated rings. The molecule has 39 heavy (non-hydrogen) atoms. The first-order valence-electron chi connectivity index (χ1n) is 11.8. The molecule has 1 N–H and O–H groups in total. The van der Waals surface area contributed by atoms with Gasteiger partial charge in [-0.1, -0.05) is 24.3 Å². The van der Waals surface area contributed by atoms with Gasteiger partial charge < -0.3 is 14.5 Å². The Kier molecular flexibility index (Phi) is 6.84. The van der Waals surface area contributed by atoms with Gasteiger partial charge in [-0.25, -0.2) is 9.69 Å². The van der Waals surface area contributed by atoms with Gasteiger partial charge in [-0.2, -0.15) is 5.26 Å². The topological polar surface area (TPSA) is 130 Å². The van der Waals surface area contributed by atoms with Gasteiger partial charge in [-0.3, -0.25) is 14.4 Å². The summed E-state index contributed by atoms with van der Waals surface area (Å²) in [6.45, 7) is 0.152. The van der Waals surface area contributed by atoms with Crippen LogP contribution in [0, 0.1) is 11.3 Å². The molecule has 4 aromatic rings. The molecule has 9 nitrogen and oxygen atoms in total. The summed E-state index contributed by atoms with van der Waals surface area (Å²) in [5.41, 5.74) is 1.70. The van der Waals surface area contributed by atoms with Gasteiger partial charge in [-0.15, -0.1) is 0 Å². The van der Waals surface area contributed by atoms with Crippen molar-refractivity contribution in [1.29, 1.82) is 5.26 Å². The second-order valence-electron chi connectivity index (χ2n) is 8.43. The summed E-state index contributed by atoms with van der Waals surface area (Å²) in [4.78, 5) is 51.3. The van der Waals surface area contributed by atoms with E-state index in [4.69, 9.17) is 9.15 Å². The standard InChI is InChI=1S/C30H19N3O6/c31-17-21(27(34)32-18-24-4-3-15-38-24)16-19-7-13-23(14-8-19)39-30(37)20-9-11-22(12-10-20)33-28(35)25-5-1-2-6-26(25)29(33)36/h1-16H,18H2,(H,32,34)/b21-16+. The summed E-state index contributed by atoms with van der Waals surface area (Å²) < 4.78 is 10.6. The van der Waals surface area contributed by atoms with E-state index in [-0.39, 0.29) is 23.4 Å². The fraction of sp³-hybridized carbons (Fsp3) is 0.0333. The lowest BCUT2D eigenvalue weighted by molar-refractivity contribution is -0.117. The Morgan fingerprint density at radius 3 is 2.15 bits per heavy atom. The number of fused-ring (bicyclic) bond motifs is 1. The SMILES string of the molecule is N#C/C(=C\c1ccc(OC(=O)c2ccc(N3C(=O)c4ccccc4C3=O)cc2)cc1)C(=O)NCc1ccco1. The number of ether oxygens (including phenoxy) is 1. The van der Waals surface area contributed by atoms with E-state index in [1.165, 1.54) is 48.7 Å². The predicted octanol–water partition coefficient (Wildman–Crippen LogP) is 4.52. The van der Waals surface area contributed by atoms with Crippen molar-refractivity contribution in [3.8, 4) is 11.8 Å². The Morgan fingerprint density at radius 2 is 1.56 bits per heavy atom. The maximum absolute atomic E-state index is 12.7. The van der Waals surface area contributed by atoms with Crippen LogP contribution in [0.1, 0.15) is 42.4 Å². The van der Waals surface area contributed by atoms with Crippen LogP contribution in [0.2, 0.25) is 0 Å². The van der Waals surface area contributed by atoms with Gasteiger partial charge >= 0.3 is 5.97 Å². The van der Waals surface area contributed by atoms with Crippen LogP contribution in [0.5, 0.6) is 5.75 Å². The van der Waals surface area contributed by atoms with Crippen molar-refractivity contribution in [2.45, 2.75) is 6.54 Å². The first-order chi connectivity index (χ1) is 18.9. The predicted molar refractivity (Wildman–Crippen MR) is 140 cm³/mol. The summed E-state index contributed by atoms with van der Waals surface area (Å²) in [7, 11) is 0. The minimum Gasteiger partial charge on any atom is -0.467 e. The number of benzene rings is 3. The molecule has 0 radical (unpaired) electrons. The lowest BCUT2D eigenvalue weighted by Gasteiger charge is -2.14. The van der Waals surface area contributed by atoms with Crippen LogP contribution >= 0.6 is 0 Å². The van der Waals surface area contributed by atoms with Crippen molar-refractivity contribution in [2.24, 2.45) is 0 Å². The monoisotopic (exact) mass is 517 g/mol. The van der Waals surface area contributed by atoms with E-state index in [0.717, 1.165) is 4.90 Å². The molecule has 0 unspecified atom stereocenters. The average molecular weight is 517 g/mol. The van der Waals surface area contributed by atoms with Gasteiger partial charge in [0.1, 0.15) is 23.2 Å². The molecule has 0 atom stereocenters. The fourth-order valence-corrected chi connectivity index (χ4v) is 3.96. The molecule has 0 bridgehead atoms. The fourth-order valence-electron chi connectivity index (χ4n) is 3.96. The van der Waals surface area contributed by atoms with E-state index in [9.17, 15) is 24.4 Å². The first kappa shape index (κ1) is 24.9. The van der Waals surface area contributed by atoms with Crippen molar-refractivity contribution in [3.63, 3.8) is 0 Å². The van der Waals surface area contributed by atoms with Crippen molar-refractivity contribution in [1.82, 2.24) is 5.32 Å². The average Bonchev–Trinajstić information content (AvgIpc) is 3.58. The molecule has 190 valence electrons. The number of furan rings is 1. The smallest absolute Gasteiger partial charge is 0.343 e. The lowest BCUT2D eigenvalue weighted by atomic mass is 10.1. The summed E-state index contributed by atoms with van der Waals surface area (Å²) in [5, 5.41) is 12.0. The molecule has 1 aromatic heterocycles. The number of esters is 1. The zero-order chi connectivity index (χ0) is 27.4. The molecular weight excluding hydrogens is 498 g/mol. The normalized spacial score (nSPS) is 12.6. The zero-order valence-electron chi connectivity index (χ0n) is 20.3. The van der Waals surface area contributed by atoms with E-state index in [1.807, 2.05) is 6.07 Å². The number of carbonyl (C=O) groups is 4. The third kappa shape index (κ3) is 5.21. The third-order valence-electron chi connectivity index (χ3n) is 5.93. The van der Waals surface area contributed by atoms with Crippen molar-refractivity contribution >= 4 is 35.5 Å². The van der Waals surface area contributed by atoms with Crippen molar-refractivity contribution in [3.05, 3.63) is 125 Å². The van der Waals surface area contributed by atoms with Crippen LogP contribution in [0.4, 0.5) is 5.69 Å². The second-order valence-corrected chi connectivity index (χ2v) is 8.43. The van der Waals surface area contributed by atoms with Crippen LogP contribution in [-0.4, -0.2) is 23.7 Å². The quantitative estimate of drug-likeness (QED) is 0.125. The molecule has 1 aliphatic rings. The molecule has 2 heterocycles. The molecule has 5 rings (SSSR count). The molecule has 1 aliphatic heterocycles. The Labute approximate surface area is 222 Å². The number of hydrogen-bond acceptors (Lipinski definition) is 7. The number of imide groups is 1. The maximum atomic E-state index is 12.7. The highest BCUT2D eigenvalue weighted by Gasteiger charge is 2.36. The molecule has 3 aromatic carbocycles. The van der Waals surface area contributed by atoms with Gasteiger partial charge in [0.15, 0.2) is 0 Å². The Morgan fingerprint density at radius 1 is 0.897 bits per heavy atom. The number of hydrogen-bond donors (Lipinski definition) is 1. The number of carbonyl (C=O) groups excluding carboxylic acids is 4. The minimum atomic E-state index is -0.637. The van der Waals surface area contributed by atoms with Gasteiger partial charge in [0.05, 0.1) is 35.2 Å². The Bertz CT molecular complexity index is 1610. The van der Waals surface area contributed by atoms with Crippen LogP contribution in [0.25, 0.3) is 6.08 Å². The summed E-state index contributed by atoms with van der Waals surface area (Å²) in [6.07, 6.45) is 2.91. The highest BCUT2D eigenvalue weighted by Crippen LogP contribution is 2.28. The van der Waals surface area contributed by atoms with E-state index >= 15 is 0 Å². The van der Waals surface area contributed by atoms with E-state index in [2.05, 4.69) is 5.32 Å². The van der Waals surface area contributed by atoms with Crippen molar-refractivity contribution in [2.75, 3.05) is 4.90 Å². The number of nitriles is 1. The number of rotatable bonds is 7. The molecule has 3 amide bonds. The summed E-state index contributed by atoms with van der Waals surface area (Å²) in [6, 6.07) is 24.1. The van der Waals surface area contributed by atoms with Gasteiger partial charge in [-0.05, 0) is 72.3 Å². The number of anilines is 1. The van der Waals surface area contributed by atoms with Crippen LogP contribution < -0.4 is 15.0 Å². The van der Waals surface area contributed by atoms with Gasteiger partial charge in [0, 0.05) is 0 Å².